The van der Waals surface area contributed by atoms with E-state index in [9.17, 15) is 10.1 Å². The van der Waals surface area contributed by atoms with Crippen LogP contribution in [0.5, 0.6) is 0 Å². The molecule has 9 heteroatoms. The predicted octanol–water partition coefficient (Wildman–Crippen LogP) is 5.93. The number of ketones is 1. The number of carbonyl (C=O) groups is 1. The maximum Gasteiger partial charge on any atom is 0.373 e. The Morgan fingerprint density at radius 1 is 1.20 bits per heavy atom. The highest BCUT2D eigenvalue weighted by Gasteiger charge is 2.30. The highest BCUT2D eigenvalue weighted by Crippen LogP contribution is 2.38. The molecule has 0 amide bonds. The number of carbonyl (C=O) groups excluding carboxylic acids is 3. The summed E-state index contributed by atoms with van der Waals surface area (Å²) < 4.78 is 13.2. The van der Waals surface area contributed by atoms with Crippen LogP contribution in [-0.2, 0) is 37.6 Å². The van der Waals surface area contributed by atoms with Gasteiger partial charge in [0, 0.05) is 40.5 Å². The molecule has 8 nitrogen and oxygen atoms in total. The molecule has 1 fully saturated rings. The van der Waals surface area contributed by atoms with Crippen molar-refractivity contribution >= 4 is 25.6 Å². The van der Waals surface area contributed by atoms with Crippen molar-refractivity contribution in [1.29, 1.82) is 5.26 Å². The molecule has 40 heavy (non-hydrogen) atoms. The number of nitriles is 1. The van der Waals surface area contributed by atoms with Crippen molar-refractivity contribution in [2.24, 2.45) is 0 Å². The Morgan fingerprint density at radius 2 is 1.93 bits per heavy atom. The minimum Gasteiger partial charge on any atom is -0.381 e. The Balaban J connectivity index is 0.00000141. The molecule has 1 aliphatic heterocycles. The van der Waals surface area contributed by atoms with E-state index in [1.54, 1.807) is 10.8 Å². The highest BCUT2D eigenvalue weighted by molar-refractivity contribution is 6.76. The first kappa shape index (κ1) is 31.4. The van der Waals surface area contributed by atoms with E-state index in [1.165, 1.54) is 29.5 Å². The minimum atomic E-state index is -1.21. The van der Waals surface area contributed by atoms with Crippen LogP contribution in [0.4, 0.5) is 0 Å². The van der Waals surface area contributed by atoms with Gasteiger partial charge < -0.3 is 14.0 Å². The van der Waals surface area contributed by atoms with Crippen molar-refractivity contribution in [1.82, 2.24) is 9.55 Å². The average Bonchev–Trinajstić information content (AvgIpc) is 3.36. The zero-order chi connectivity index (χ0) is 29.2. The molecular weight excluding hydrogens is 522 g/mol. The SMILES string of the molecule is CC1(c2ccc(CC(=O)c3nc(C#N)cn3COCC[Si](C)(C)C)c(C3=CCCCC3)c2)CCOCC1.O=C=O. The van der Waals surface area contributed by atoms with Gasteiger partial charge in [-0.1, -0.05) is 50.8 Å². The van der Waals surface area contributed by atoms with Crippen molar-refractivity contribution in [3.05, 3.63) is 58.7 Å². The van der Waals surface area contributed by atoms with E-state index >= 15 is 0 Å². The number of benzene rings is 1. The van der Waals surface area contributed by atoms with Crippen LogP contribution in [0.15, 0.2) is 30.5 Å². The van der Waals surface area contributed by atoms with Gasteiger partial charge >= 0.3 is 6.15 Å². The second kappa shape index (κ2) is 14.5. The number of ether oxygens (including phenoxy) is 2. The monoisotopic (exact) mass is 563 g/mol. The zero-order valence-electron chi connectivity index (χ0n) is 24.3. The fraction of sp³-hybridized carbons (Fsp3) is 0.548. The number of nitrogens with zero attached hydrogens (tertiary/aromatic N) is 3. The third-order valence-corrected chi connectivity index (χ3v) is 9.46. The van der Waals surface area contributed by atoms with Crippen LogP contribution in [-0.4, -0.2) is 49.4 Å². The lowest BCUT2D eigenvalue weighted by atomic mass is 9.74. The molecule has 1 aromatic heterocycles. The molecule has 0 bridgehead atoms. The van der Waals surface area contributed by atoms with Gasteiger partial charge in [-0.05, 0) is 72.2 Å². The number of Topliss-reactive ketones (excluding diaryl/α,β-unsaturated/α-hetero) is 1. The normalized spacial score (nSPS) is 16.6. The molecule has 2 aliphatic rings. The molecule has 0 radical (unpaired) electrons. The molecule has 1 saturated heterocycles. The number of hydrogen-bond donors (Lipinski definition) is 0. The van der Waals surface area contributed by atoms with Crippen LogP contribution in [0.1, 0.15) is 78.5 Å². The molecule has 4 rings (SSSR count). The number of imidazole rings is 1. The van der Waals surface area contributed by atoms with Crippen molar-refractivity contribution in [3.63, 3.8) is 0 Å². The van der Waals surface area contributed by atoms with Gasteiger partial charge in [-0.15, -0.1) is 0 Å². The molecule has 0 atom stereocenters. The lowest BCUT2D eigenvalue weighted by molar-refractivity contribution is -0.191. The van der Waals surface area contributed by atoms with E-state index in [0.717, 1.165) is 50.5 Å². The average molecular weight is 564 g/mol. The van der Waals surface area contributed by atoms with Crippen LogP contribution >= 0.6 is 0 Å². The largest absolute Gasteiger partial charge is 0.381 e. The van der Waals surface area contributed by atoms with Crippen LogP contribution < -0.4 is 0 Å². The van der Waals surface area contributed by atoms with Crippen molar-refractivity contribution < 1.29 is 23.9 Å². The quantitative estimate of drug-likeness (QED) is 0.200. The van der Waals surface area contributed by atoms with Crippen molar-refractivity contribution in [3.8, 4) is 6.07 Å². The standard InChI is InChI=1S/C30H41N3O3Si.CO2/c1-30(12-14-35-15-13-30)25-11-10-24(27(19-25)23-8-6-5-7-9-23)18-28(34)29-32-26(20-31)21-33(29)22-36-16-17-37(2,3)4;2-1-3/h8,10-11,19,21H,5-7,9,12-18,22H2,1-4H3;. The van der Waals surface area contributed by atoms with Crippen molar-refractivity contribution in [2.45, 2.75) is 89.7 Å². The van der Waals surface area contributed by atoms with Crippen LogP contribution in [0.25, 0.3) is 5.57 Å². The van der Waals surface area contributed by atoms with Crippen LogP contribution in [0, 0.1) is 11.3 Å². The zero-order valence-corrected chi connectivity index (χ0v) is 25.3. The van der Waals surface area contributed by atoms with Gasteiger partial charge in [0.05, 0.1) is 0 Å². The summed E-state index contributed by atoms with van der Waals surface area (Å²) in [6.45, 7) is 11.7. The summed E-state index contributed by atoms with van der Waals surface area (Å²) in [5.41, 5.74) is 5.25. The summed E-state index contributed by atoms with van der Waals surface area (Å²) in [6, 6.07) is 9.80. The Kier molecular flexibility index (Phi) is 11.4. The van der Waals surface area contributed by atoms with Gasteiger partial charge in [0.1, 0.15) is 12.8 Å². The maximum atomic E-state index is 13.6. The van der Waals surface area contributed by atoms with E-state index in [1.807, 2.05) is 0 Å². The Bertz CT molecular complexity index is 1270. The third kappa shape index (κ3) is 8.67. The first-order valence-corrected chi connectivity index (χ1v) is 17.8. The Hall–Kier alpha value is -3.15. The summed E-state index contributed by atoms with van der Waals surface area (Å²) in [5, 5.41) is 9.43. The summed E-state index contributed by atoms with van der Waals surface area (Å²) in [6.07, 6.45) is 11.0. The van der Waals surface area contributed by atoms with Gasteiger partial charge in [0.15, 0.2) is 11.5 Å². The fourth-order valence-corrected chi connectivity index (χ4v) is 5.94. The number of hydrogen-bond acceptors (Lipinski definition) is 7. The van der Waals surface area contributed by atoms with Gasteiger partial charge in [-0.3, -0.25) is 4.79 Å². The molecule has 0 unspecified atom stereocenters. The number of allylic oxidation sites excluding steroid dienone is 2. The third-order valence-electron chi connectivity index (χ3n) is 7.76. The summed E-state index contributed by atoms with van der Waals surface area (Å²) in [5.74, 6) is 0.214. The molecule has 0 spiro atoms. The van der Waals surface area contributed by atoms with E-state index < -0.39 is 8.07 Å². The first-order valence-electron chi connectivity index (χ1n) is 14.1. The second-order valence-electron chi connectivity index (χ2n) is 12.1. The topological polar surface area (TPSA) is 111 Å². The summed E-state index contributed by atoms with van der Waals surface area (Å²) in [4.78, 5) is 34.2. The Morgan fingerprint density at radius 3 is 2.55 bits per heavy atom. The number of aromatic nitrogens is 2. The lowest BCUT2D eigenvalue weighted by Crippen LogP contribution is -2.30. The second-order valence-corrected chi connectivity index (χ2v) is 17.7. The van der Waals surface area contributed by atoms with Crippen LogP contribution in [0.3, 0.4) is 0 Å². The smallest absolute Gasteiger partial charge is 0.373 e. The van der Waals surface area contributed by atoms with Crippen LogP contribution in [0.2, 0.25) is 25.7 Å². The highest BCUT2D eigenvalue weighted by atomic mass is 28.3. The summed E-state index contributed by atoms with van der Waals surface area (Å²) in [7, 11) is -1.21. The maximum absolute atomic E-state index is 13.6. The van der Waals surface area contributed by atoms with Gasteiger partial charge in [-0.25, -0.2) is 4.98 Å². The van der Waals surface area contributed by atoms with E-state index in [0.29, 0.717) is 12.4 Å². The van der Waals surface area contributed by atoms with Gasteiger partial charge in [0.2, 0.25) is 5.78 Å². The van der Waals surface area contributed by atoms with Gasteiger partial charge in [-0.2, -0.15) is 14.9 Å². The van der Waals surface area contributed by atoms with E-state index in [2.05, 4.69) is 61.9 Å². The fourth-order valence-electron chi connectivity index (χ4n) is 5.18. The summed E-state index contributed by atoms with van der Waals surface area (Å²) >= 11 is 0. The molecular formula is C31H41N3O5Si. The minimum absolute atomic E-state index is 0.0852. The van der Waals surface area contributed by atoms with Crippen molar-refractivity contribution in [2.75, 3.05) is 19.8 Å². The number of rotatable bonds is 10. The molecule has 0 saturated carbocycles. The lowest BCUT2D eigenvalue weighted by Gasteiger charge is -2.35. The predicted molar refractivity (Wildman–Crippen MR) is 154 cm³/mol. The van der Waals surface area contributed by atoms with E-state index in [4.69, 9.17) is 19.1 Å². The molecule has 2 heterocycles. The Labute approximate surface area is 238 Å². The molecule has 2 aromatic rings. The van der Waals surface area contributed by atoms with Gasteiger partial charge in [0.25, 0.3) is 0 Å². The molecule has 214 valence electrons. The molecule has 0 N–H and O–H groups in total. The van der Waals surface area contributed by atoms with E-state index in [-0.39, 0.29) is 36.2 Å². The molecule has 1 aliphatic carbocycles. The molecule has 1 aromatic carbocycles. The first-order chi connectivity index (χ1) is 19.1.